The highest BCUT2D eigenvalue weighted by molar-refractivity contribution is 6.06. The summed E-state index contributed by atoms with van der Waals surface area (Å²) in [5, 5.41) is 11.7. The van der Waals surface area contributed by atoms with E-state index in [2.05, 4.69) is 9.47 Å². The predicted octanol–water partition coefficient (Wildman–Crippen LogP) is 0.876. The normalized spacial score (nSPS) is 10.7. The fraction of sp³-hybridized carbons (Fsp3) is 0.267. The van der Waals surface area contributed by atoms with Crippen molar-refractivity contribution in [1.29, 1.82) is 0 Å². The van der Waals surface area contributed by atoms with Crippen LogP contribution in [-0.4, -0.2) is 35.6 Å². The molecule has 0 radical (unpaired) electrons. The molecular formula is C15H14N2O7. The molecule has 0 fully saturated rings. The molecule has 0 aliphatic heterocycles. The van der Waals surface area contributed by atoms with E-state index >= 15 is 0 Å². The van der Waals surface area contributed by atoms with Crippen molar-refractivity contribution in [3.05, 3.63) is 50.3 Å². The third-order valence-corrected chi connectivity index (χ3v) is 3.66. The minimum atomic E-state index is -1.74. The van der Waals surface area contributed by atoms with Gasteiger partial charge in [-0.15, -0.1) is 0 Å². The molecule has 1 heterocycles. The lowest BCUT2D eigenvalue weighted by molar-refractivity contribution is -0.387. The molecule has 2 aromatic rings. The maximum atomic E-state index is 12.4. The largest absolute Gasteiger partial charge is 0.468 e. The number of carbonyl (C=O) groups is 2. The molecule has 9 heteroatoms. The molecule has 0 N–H and O–H groups in total. The van der Waals surface area contributed by atoms with E-state index in [1.807, 2.05) is 0 Å². The van der Waals surface area contributed by atoms with Crippen LogP contribution in [0, 0.1) is 10.1 Å². The number of benzene rings is 1. The Balaban J connectivity index is 3.04. The summed E-state index contributed by atoms with van der Waals surface area (Å²) in [6.45, 7) is 0. The number of methoxy groups -OCH3 is 2. The average Bonchev–Trinajstić information content (AvgIpc) is 2.58. The van der Waals surface area contributed by atoms with Gasteiger partial charge in [0.15, 0.2) is 5.92 Å². The second kappa shape index (κ2) is 6.49. The van der Waals surface area contributed by atoms with Crippen LogP contribution >= 0.6 is 0 Å². The zero-order valence-electron chi connectivity index (χ0n) is 13.1. The van der Waals surface area contributed by atoms with Crippen LogP contribution in [0.15, 0.2) is 29.1 Å². The van der Waals surface area contributed by atoms with Crippen molar-refractivity contribution in [3.63, 3.8) is 0 Å². The lowest BCUT2D eigenvalue weighted by Gasteiger charge is -2.16. The Morgan fingerprint density at radius 3 is 2.21 bits per heavy atom. The molecule has 0 aliphatic rings. The Hall–Kier alpha value is -3.23. The average molecular weight is 334 g/mol. The van der Waals surface area contributed by atoms with Crippen LogP contribution < -0.4 is 5.56 Å². The molecule has 0 saturated carbocycles. The van der Waals surface area contributed by atoms with E-state index < -0.39 is 34.0 Å². The van der Waals surface area contributed by atoms with Crippen LogP contribution in [0.25, 0.3) is 10.9 Å². The van der Waals surface area contributed by atoms with E-state index in [9.17, 15) is 24.5 Å². The number of para-hydroxylation sites is 1. The number of ether oxygens (including phenoxy) is 2. The number of aryl methyl sites for hydroxylation is 1. The van der Waals surface area contributed by atoms with E-state index in [-0.39, 0.29) is 10.9 Å². The third-order valence-electron chi connectivity index (χ3n) is 3.66. The number of aromatic nitrogens is 1. The van der Waals surface area contributed by atoms with Crippen molar-refractivity contribution in [3.8, 4) is 0 Å². The highest BCUT2D eigenvalue weighted by Gasteiger charge is 2.40. The number of hydrogen-bond acceptors (Lipinski definition) is 7. The molecule has 0 unspecified atom stereocenters. The van der Waals surface area contributed by atoms with E-state index in [1.165, 1.54) is 13.1 Å². The van der Waals surface area contributed by atoms with Crippen LogP contribution in [0.5, 0.6) is 0 Å². The predicted molar refractivity (Wildman–Crippen MR) is 82.6 cm³/mol. The fourth-order valence-corrected chi connectivity index (χ4v) is 2.54. The molecular weight excluding hydrogens is 320 g/mol. The topological polar surface area (TPSA) is 118 Å². The second-order valence-electron chi connectivity index (χ2n) is 4.88. The smallest absolute Gasteiger partial charge is 0.339 e. The minimum Gasteiger partial charge on any atom is -0.468 e. The first-order valence-corrected chi connectivity index (χ1v) is 6.76. The van der Waals surface area contributed by atoms with Crippen LogP contribution in [-0.2, 0) is 26.1 Å². The first-order valence-electron chi connectivity index (χ1n) is 6.76. The summed E-state index contributed by atoms with van der Waals surface area (Å²) < 4.78 is 10.2. The summed E-state index contributed by atoms with van der Waals surface area (Å²) in [6, 6.07) is 6.24. The SMILES string of the molecule is COC(=O)C(C(=O)OC)c1c([N+](=O)[O-])c(=O)n(C)c2ccccc12. The number of rotatable bonds is 4. The fourth-order valence-electron chi connectivity index (χ4n) is 2.54. The Bertz CT molecular complexity index is 885. The molecule has 0 spiro atoms. The Morgan fingerprint density at radius 2 is 1.71 bits per heavy atom. The lowest BCUT2D eigenvalue weighted by atomic mass is 9.93. The molecule has 9 nitrogen and oxygen atoms in total. The van der Waals surface area contributed by atoms with Gasteiger partial charge >= 0.3 is 23.2 Å². The van der Waals surface area contributed by atoms with Gasteiger partial charge in [-0.1, -0.05) is 18.2 Å². The van der Waals surface area contributed by atoms with E-state index in [0.29, 0.717) is 5.52 Å². The van der Waals surface area contributed by atoms with Gasteiger partial charge in [-0.2, -0.15) is 0 Å². The molecule has 0 aliphatic carbocycles. The van der Waals surface area contributed by atoms with E-state index in [0.717, 1.165) is 18.8 Å². The number of nitrogens with zero attached hydrogens (tertiary/aromatic N) is 2. The van der Waals surface area contributed by atoms with Gasteiger partial charge in [0, 0.05) is 12.4 Å². The van der Waals surface area contributed by atoms with Crippen molar-refractivity contribution < 1.29 is 24.0 Å². The van der Waals surface area contributed by atoms with Gasteiger partial charge in [0.2, 0.25) is 0 Å². The Labute approximate surface area is 135 Å². The van der Waals surface area contributed by atoms with Gasteiger partial charge in [0.05, 0.1) is 30.2 Å². The van der Waals surface area contributed by atoms with E-state index in [1.54, 1.807) is 18.2 Å². The number of nitro groups is 1. The monoisotopic (exact) mass is 334 g/mol. The summed E-state index contributed by atoms with van der Waals surface area (Å²) >= 11 is 0. The van der Waals surface area contributed by atoms with Crippen molar-refractivity contribution in [2.24, 2.45) is 7.05 Å². The van der Waals surface area contributed by atoms with E-state index in [4.69, 9.17) is 0 Å². The molecule has 0 saturated heterocycles. The van der Waals surface area contributed by atoms with Crippen molar-refractivity contribution >= 4 is 28.5 Å². The lowest BCUT2D eigenvalue weighted by Crippen LogP contribution is -2.30. The highest BCUT2D eigenvalue weighted by atomic mass is 16.6. The molecule has 1 aromatic heterocycles. The quantitative estimate of drug-likeness (QED) is 0.352. The first kappa shape index (κ1) is 17.1. The standard InChI is InChI=1S/C15H14N2O7/c1-16-9-7-5-4-6-8(9)10(12(13(16)18)17(21)22)11(14(19)23-2)15(20)24-3/h4-7,11H,1-3H3. The van der Waals surface area contributed by atoms with Crippen LogP contribution in [0.3, 0.4) is 0 Å². The molecule has 24 heavy (non-hydrogen) atoms. The Morgan fingerprint density at radius 1 is 1.17 bits per heavy atom. The zero-order chi connectivity index (χ0) is 18.0. The van der Waals surface area contributed by atoms with Gasteiger partial charge in [-0.25, -0.2) is 0 Å². The van der Waals surface area contributed by atoms with Crippen LogP contribution in [0.1, 0.15) is 11.5 Å². The van der Waals surface area contributed by atoms with Crippen LogP contribution in [0.2, 0.25) is 0 Å². The highest BCUT2D eigenvalue weighted by Crippen LogP contribution is 2.32. The van der Waals surface area contributed by atoms with Crippen molar-refractivity contribution in [2.75, 3.05) is 14.2 Å². The number of hydrogen-bond donors (Lipinski definition) is 0. The van der Waals surface area contributed by atoms with Gasteiger partial charge in [-0.05, 0) is 6.07 Å². The van der Waals surface area contributed by atoms with Gasteiger partial charge in [-0.3, -0.25) is 24.5 Å². The number of carbonyl (C=O) groups excluding carboxylic acids is 2. The third kappa shape index (κ3) is 2.60. The summed E-state index contributed by atoms with van der Waals surface area (Å²) in [5.74, 6) is -3.84. The summed E-state index contributed by atoms with van der Waals surface area (Å²) in [6.07, 6.45) is 0. The zero-order valence-corrected chi connectivity index (χ0v) is 13.1. The van der Waals surface area contributed by atoms with Crippen molar-refractivity contribution in [2.45, 2.75) is 5.92 Å². The number of esters is 2. The summed E-state index contributed by atoms with van der Waals surface area (Å²) in [7, 11) is 3.44. The first-order chi connectivity index (χ1) is 11.3. The molecule has 0 bridgehead atoms. The molecule has 0 atom stereocenters. The molecule has 0 amide bonds. The van der Waals surface area contributed by atoms with Gasteiger partial charge < -0.3 is 14.0 Å². The molecule has 1 aromatic carbocycles. The second-order valence-corrected chi connectivity index (χ2v) is 4.88. The minimum absolute atomic E-state index is 0.215. The summed E-state index contributed by atoms with van der Waals surface area (Å²) in [5.41, 5.74) is -1.80. The maximum absolute atomic E-state index is 12.4. The number of fused-ring (bicyclic) bond motifs is 1. The number of pyridine rings is 1. The van der Waals surface area contributed by atoms with Gasteiger partial charge in [0.25, 0.3) is 0 Å². The molecule has 2 rings (SSSR count). The van der Waals surface area contributed by atoms with Crippen molar-refractivity contribution in [1.82, 2.24) is 4.57 Å². The molecule has 126 valence electrons. The summed E-state index contributed by atoms with van der Waals surface area (Å²) in [4.78, 5) is 47.1. The Kier molecular flexibility index (Phi) is 4.63. The van der Waals surface area contributed by atoms with Crippen LogP contribution in [0.4, 0.5) is 5.69 Å². The maximum Gasteiger partial charge on any atom is 0.339 e. The van der Waals surface area contributed by atoms with Gasteiger partial charge in [0.1, 0.15) is 0 Å².